The average Bonchev–Trinajstić information content (AvgIpc) is 2.75. The van der Waals surface area contributed by atoms with Crippen LogP contribution in [0.5, 0.6) is 5.75 Å². The fraction of sp³-hybridized carbons (Fsp3) is 0.238. The maximum atomic E-state index is 12.9. The number of benzene rings is 2. The molecule has 12 heteroatoms. The minimum Gasteiger partial charge on any atom is -0.471 e. The van der Waals surface area contributed by atoms with Crippen molar-refractivity contribution in [2.45, 2.75) is 26.9 Å². The highest BCUT2D eigenvalue weighted by atomic mass is 79.9. The van der Waals surface area contributed by atoms with Crippen molar-refractivity contribution in [3.05, 3.63) is 71.1 Å². The Balaban J connectivity index is 2.00. The number of hydrogen-bond donors (Lipinski definition) is 0. The van der Waals surface area contributed by atoms with E-state index in [0.717, 1.165) is 9.15 Å². The van der Waals surface area contributed by atoms with E-state index in [1.165, 1.54) is 25.3 Å². The molecular weight excluding hydrogens is 564 g/mol. The number of halogens is 2. The second kappa shape index (κ2) is 10.2. The van der Waals surface area contributed by atoms with Gasteiger partial charge in [0.2, 0.25) is 5.75 Å². The molecule has 0 bridgehead atoms. The molecule has 0 spiro atoms. The van der Waals surface area contributed by atoms with Crippen LogP contribution in [0.3, 0.4) is 0 Å². The molecular formula is C21H18Br2N4O6. The second-order valence-electron chi connectivity index (χ2n) is 6.80. The Labute approximate surface area is 204 Å². The molecule has 0 saturated heterocycles. The molecule has 172 valence electrons. The molecule has 0 aliphatic heterocycles. The van der Waals surface area contributed by atoms with Gasteiger partial charge in [-0.3, -0.25) is 14.9 Å². The van der Waals surface area contributed by atoms with Gasteiger partial charge in [-0.05, 0) is 61.0 Å². The van der Waals surface area contributed by atoms with Gasteiger partial charge in [-0.1, -0.05) is 15.9 Å². The van der Waals surface area contributed by atoms with Gasteiger partial charge in [0.1, 0.15) is 5.82 Å². The Morgan fingerprint density at radius 1 is 1.33 bits per heavy atom. The van der Waals surface area contributed by atoms with Crippen LogP contribution < -0.4 is 10.3 Å². The average molecular weight is 582 g/mol. The van der Waals surface area contributed by atoms with E-state index in [-0.39, 0.29) is 28.1 Å². The van der Waals surface area contributed by atoms with E-state index in [2.05, 4.69) is 41.9 Å². The van der Waals surface area contributed by atoms with Crippen molar-refractivity contribution in [1.82, 2.24) is 9.66 Å². The number of hydrogen-bond acceptors (Lipinski definition) is 8. The fourth-order valence-electron chi connectivity index (χ4n) is 2.93. The van der Waals surface area contributed by atoms with Gasteiger partial charge in [0.15, 0.2) is 6.10 Å². The third-order valence-electron chi connectivity index (χ3n) is 4.45. The molecule has 0 aliphatic carbocycles. The Morgan fingerprint density at radius 2 is 2.06 bits per heavy atom. The summed E-state index contributed by atoms with van der Waals surface area (Å²) in [7, 11) is 0. The molecule has 1 heterocycles. The number of nitrogens with zero attached hydrogens (tertiary/aromatic N) is 4. The van der Waals surface area contributed by atoms with E-state index in [9.17, 15) is 19.7 Å². The lowest BCUT2D eigenvalue weighted by Gasteiger charge is -2.15. The summed E-state index contributed by atoms with van der Waals surface area (Å²) in [6, 6.07) is 7.90. The number of nitro groups is 1. The summed E-state index contributed by atoms with van der Waals surface area (Å²) in [5.74, 6) is -0.416. The number of ether oxygens (including phenoxy) is 2. The highest BCUT2D eigenvalue weighted by Gasteiger charge is 2.25. The van der Waals surface area contributed by atoms with Gasteiger partial charge in [0, 0.05) is 16.1 Å². The highest BCUT2D eigenvalue weighted by molar-refractivity contribution is 9.10. The normalized spacial score (nSPS) is 12.2. The van der Waals surface area contributed by atoms with Crippen LogP contribution in [0.1, 0.15) is 25.2 Å². The van der Waals surface area contributed by atoms with Crippen LogP contribution in [0.25, 0.3) is 10.9 Å². The van der Waals surface area contributed by atoms with Crippen molar-refractivity contribution in [1.29, 1.82) is 0 Å². The van der Waals surface area contributed by atoms with Gasteiger partial charge in [-0.15, -0.1) is 0 Å². The number of carbonyl (C=O) groups excluding carboxylic acids is 1. The molecule has 2 aromatic carbocycles. The maximum absolute atomic E-state index is 12.9. The predicted molar refractivity (Wildman–Crippen MR) is 129 cm³/mol. The molecule has 3 rings (SSSR count). The molecule has 0 N–H and O–H groups in total. The van der Waals surface area contributed by atoms with Crippen LogP contribution in [-0.2, 0) is 9.53 Å². The zero-order valence-electron chi connectivity index (χ0n) is 17.7. The Morgan fingerprint density at radius 3 is 2.73 bits per heavy atom. The van der Waals surface area contributed by atoms with Gasteiger partial charge >= 0.3 is 11.7 Å². The molecule has 10 nitrogen and oxygen atoms in total. The maximum Gasteiger partial charge on any atom is 0.347 e. The van der Waals surface area contributed by atoms with Crippen LogP contribution in [0, 0.1) is 17.0 Å². The smallest absolute Gasteiger partial charge is 0.347 e. The summed E-state index contributed by atoms with van der Waals surface area (Å²) >= 11 is 6.58. The first kappa shape index (κ1) is 24.5. The summed E-state index contributed by atoms with van der Waals surface area (Å²) in [6.07, 6.45) is 0.250. The van der Waals surface area contributed by atoms with Crippen molar-refractivity contribution in [2.24, 2.45) is 5.10 Å². The minimum atomic E-state index is -1.05. The van der Waals surface area contributed by atoms with E-state index in [1.54, 1.807) is 32.0 Å². The van der Waals surface area contributed by atoms with Gasteiger partial charge in [0.25, 0.3) is 5.56 Å². The quantitative estimate of drug-likeness (QED) is 0.176. The summed E-state index contributed by atoms with van der Waals surface area (Å²) in [4.78, 5) is 40.1. The van der Waals surface area contributed by atoms with Crippen molar-refractivity contribution in [2.75, 3.05) is 6.61 Å². The lowest BCUT2D eigenvalue weighted by molar-refractivity contribution is -0.386. The predicted octanol–water partition coefficient (Wildman–Crippen LogP) is 4.35. The molecule has 0 unspecified atom stereocenters. The van der Waals surface area contributed by atoms with E-state index >= 15 is 0 Å². The van der Waals surface area contributed by atoms with Crippen LogP contribution in [0.15, 0.2) is 49.2 Å². The Kier molecular flexibility index (Phi) is 7.59. The standard InChI is InChI=1S/C21H18Br2N4O6/c1-4-32-21(29)11(2)33-19-16(23)7-13(8-18(19)27(30)31)10-24-26-12(3)25-17-6-5-14(22)9-15(17)20(26)28/h5-11H,4H2,1-3H3/t11-/m1/s1. The Hall–Kier alpha value is -3.12. The molecule has 0 aliphatic rings. The summed E-state index contributed by atoms with van der Waals surface area (Å²) < 4.78 is 12.4. The number of aromatic nitrogens is 2. The van der Waals surface area contributed by atoms with Crippen LogP contribution >= 0.6 is 31.9 Å². The van der Waals surface area contributed by atoms with Gasteiger partial charge in [-0.2, -0.15) is 9.78 Å². The minimum absolute atomic E-state index is 0.122. The molecule has 0 saturated carbocycles. The monoisotopic (exact) mass is 580 g/mol. The molecule has 0 radical (unpaired) electrons. The number of rotatable bonds is 7. The largest absolute Gasteiger partial charge is 0.471 e. The van der Waals surface area contributed by atoms with Crippen molar-refractivity contribution in [3.8, 4) is 5.75 Å². The first-order valence-electron chi connectivity index (χ1n) is 9.66. The third kappa shape index (κ3) is 5.45. The molecule has 3 aromatic rings. The Bertz CT molecular complexity index is 1340. The molecule has 0 fully saturated rings. The van der Waals surface area contributed by atoms with Gasteiger partial charge in [0.05, 0.1) is 33.1 Å². The van der Waals surface area contributed by atoms with Crippen molar-refractivity contribution >= 4 is 60.6 Å². The van der Waals surface area contributed by atoms with E-state index < -0.39 is 17.0 Å². The van der Waals surface area contributed by atoms with Gasteiger partial charge < -0.3 is 9.47 Å². The number of fused-ring (bicyclic) bond motifs is 1. The van der Waals surface area contributed by atoms with Crippen LogP contribution in [0.4, 0.5) is 5.69 Å². The SMILES string of the molecule is CCOC(=O)[C@@H](C)Oc1c(Br)cc(C=Nn2c(C)nc3ccc(Br)cc3c2=O)cc1[N+](=O)[O-]. The number of carbonyl (C=O) groups is 1. The van der Waals surface area contributed by atoms with E-state index in [4.69, 9.17) is 9.47 Å². The summed E-state index contributed by atoms with van der Waals surface area (Å²) in [6.45, 7) is 4.87. The number of esters is 1. The van der Waals surface area contributed by atoms with Crippen molar-refractivity contribution in [3.63, 3.8) is 0 Å². The first-order chi connectivity index (χ1) is 15.6. The topological polar surface area (TPSA) is 126 Å². The molecule has 33 heavy (non-hydrogen) atoms. The van der Waals surface area contributed by atoms with Crippen LogP contribution in [-0.4, -0.2) is 39.5 Å². The molecule has 1 aromatic heterocycles. The van der Waals surface area contributed by atoms with Gasteiger partial charge in [-0.25, -0.2) is 9.78 Å². The van der Waals surface area contributed by atoms with E-state index in [0.29, 0.717) is 22.3 Å². The lowest BCUT2D eigenvalue weighted by atomic mass is 10.2. The second-order valence-corrected chi connectivity index (χ2v) is 8.57. The fourth-order valence-corrected chi connectivity index (χ4v) is 3.85. The highest BCUT2D eigenvalue weighted by Crippen LogP contribution is 2.37. The van der Waals surface area contributed by atoms with Crippen molar-refractivity contribution < 1.29 is 19.2 Å². The molecule has 1 atom stereocenters. The third-order valence-corrected chi connectivity index (χ3v) is 5.53. The number of aryl methyl sites for hydroxylation is 1. The summed E-state index contributed by atoms with van der Waals surface area (Å²) in [5.41, 5.74) is 0.0894. The van der Waals surface area contributed by atoms with Crippen LogP contribution in [0.2, 0.25) is 0 Å². The van der Waals surface area contributed by atoms with E-state index in [1.807, 2.05) is 0 Å². The lowest BCUT2D eigenvalue weighted by Crippen LogP contribution is -2.26. The molecule has 0 amide bonds. The first-order valence-corrected chi connectivity index (χ1v) is 11.3. The summed E-state index contributed by atoms with van der Waals surface area (Å²) in [5, 5.41) is 16.2. The zero-order chi connectivity index (χ0) is 24.3. The zero-order valence-corrected chi connectivity index (χ0v) is 20.9. The number of nitro benzene ring substituents is 1.